The SMILES string of the molecule is CC(C)C(=O)NC1(c2ccccc2)CCC1. The van der Waals surface area contributed by atoms with Crippen LogP contribution < -0.4 is 5.32 Å². The van der Waals surface area contributed by atoms with Crippen LogP contribution in [0.1, 0.15) is 38.7 Å². The number of hydrogen-bond acceptors (Lipinski definition) is 1. The topological polar surface area (TPSA) is 29.1 Å². The Balaban J connectivity index is 2.18. The number of benzene rings is 1. The second-order valence-corrected chi connectivity index (χ2v) is 4.95. The molecule has 0 aliphatic heterocycles. The van der Waals surface area contributed by atoms with Gasteiger partial charge in [-0.05, 0) is 24.8 Å². The van der Waals surface area contributed by atoms with Crippen LogP contribution in [0.5, 0.6) is 0 Å². The lowest BCUT2D eigenvalue weighted by Crippen LogP contribution is -2.51. The van der Waals surface area contributed by atoms with Gasteiger partial charge in [-0.3, -0.25) is 4.79 Å². The molecular formula is C14H19NO. The maximum Gasteiger partial charge on any atom is 0.223 e. The fourth-order valence-electron chi connectivity index (χ4n) is 2.15. The summed E-state index contributed by atoms with van der Waals surface area (Å²) in [7, 11) is 0. The van der Waals surface area contributed by atoms with E-state index in [1.54, 1.807) is 0 Å². The lowest BCUT2D eigenvalue weighted by molar-refractivity contribution is -0.127. The molecule has 1 N–H and O–H groups in total. The zero-order valence-electron chi connectivity index (χ0n) is 9.99. The molecule has 0 spiro atoms. The number of rotatable bonds is 3. The molecule has 2 rings (SSSR count). The third-order valence-corrected chi connectivity index (χ3v) is 3.42. The lowest BCUT2D eigenvalue weighted by atomic mass is 9.71. The van der Waals surface area contributed by atoms with E-state index in [-0.39, 0.29) is 17.4 Å². The van der Waals surface area contributed by atoms with Crippen molar-refractivity contribution in [2.45, 2.75) is 38.6 Å². The monoisotopic (exact) mass is 217 g/mol. The molecule has 0 heterocycles. The molecule has 2 nitrogen and oxygen atoms in total. The van der Waals surface area contributed by atoms with Crippen LogP contribution in [0.15, 0.2) is 30.3 Å². The first kappa shape index (κ1) is 11.2. The van der Waals surface area contributed by atoms with E-state index in [2.05, 4.69) is 17.4 Å². The second kappa shape index (κ2) is 4.28. The number of carbonyl (C=O) groups is 1. The average Bonchev–Trinajstić information content (AvgIpc) is 2.24. The van der Waals surface area contributed by atoms with Gasteiger partial charge in [0.25, 0.3) is 0 Å². The lowest BCUT2D eigenvalue weighted by Gasteiger charge is -2.43. The molecule has 0 atom stereocenters. The van der Waals surface area contributed by atoms with Crippen molar-refractivity contribution in [2.75, 3.05) is 0 Å². The van der Waals surface area contributed by atoms with E-state index in [0.717, 1.165) is 12.8 Å². The molecule has 1 aliphatic carbocycles. The van der Waals surface area contributed by atoms with Crippen LogP contribution in [0.4, 0.5) is 0 Å². The van der Waals surface area contributed by atoms with E-state index in [0.29, 0.717) is 0 Å². The van der Waals surface area contributed by atoms with E-state index in [9.17, 15) is 4.79 Å². The molecule has 1 aromatic carbocycles. The number of amides is 1. The summed E-state index contributed by atoms with van der Waals surface area (Å²) in [5, 5.41) is 3.21. The number of hydrogen-bond donors (Lipinski definition) is 1. The highest BCUT2D eigenvalue weighted by Crippen LogP contribution is 2.41. The normalized spacial score (nSPS) is 17.9. The first-order valence-corrected chi connectivity index (χ1v) is 6.02. The molecule has 0 aromatic heterocycles. The van der Waals surface area contributed by atoms with Crippen LogP contribution in [0.3, 0.4) is 0 Å². The van der Waals surface area contributed by atoms with Crippen LogP contribution in [0, 0.1) is 5.92 Å². The van der Waals surface area contributed by atoms with E-state index in [4.69, 9.17) is 0 Å². The van der Waals surface area contributed by atoms with Gasteiger partial charge in [0.05, 0.1) is 5.54 Å². The summed E-state index contributed by atoms with van der Waals surface area (Å²) in [6.07, 6.45) is 3.33. The molecule has 1 saturated carbocycles. The summed E-state index contributed by atoms with van der Waals surface area (Å²) >= 11 is 0. The van der Waals surface area contributed by atoms with E-state index in [1.165, 1.54) is 12.0 Å². The summed E-state index contributed by atoms with van der Waals surface area (Å²) in [5.74, 6) is 0.213. The molecule has 86 valence electrons. The van der Waals surface area contributed by atoms with Gasteiger partial charge in [-0.25, -0.2) is 0 Å². The standard InChI is InChI=1S/C14H19NO/c1-11(2)13(16)15-14(9-6-10-14)12-7-4-3-5-8-12/h3-5,7-8,11H,6,9-10H2,1-2H3,(H,15,16). The van der Waals surface area contributed by atoms with Crippen LogP contribution in [-0.2, 0) is 10.3 Å². The van der Waals surface area contributed by atoms with Crippen molar-refractivity contribution in [1.29, 1.82) is 0 Å². The van der Waals surface area contributed by atoms with Crippen molar-refractivity contribution in [3.63, 3.8) is 0 Å². The van der Waals surface area contributed by atoms with Gasteiger partial charge in [-0.2, -0.15) is 0 Å². The van der Waals surface area contributed by atoms with E-state index < -0.39 is 0 Å². The number of carbonyl (C=O) groups excluding carboxylic acids is 1. The molecule has 1 fully saturated rings. The van der Waals surface area contributed by atoms with Gasteiger partial charge in [0.1, 0.15) is 0 Å². The third kappa shape index (κ3) is 1.97. The van der Waals surface area contributed by atoms with Gasteiger partial charge in [0.15, 0.2) is 0 Å². The molecule has 16 heavy (non-hydrogen) atoms. The van der Waals surface area contributed by atoms with Crippen LogP contribution in [0.2, 0.25) is 0 Å². The average molecular weight is 217 g/mol. The molecule has 0 bridgehead atoms. The fourth-order valence-corrected chi connectivity index (χ4v) is 2.15. The van der Waals surface area contributed by atoms with Crippen LogP contribution >= 0.6 is 0 Å². The van der Waals surface area contributed by atoms with Gasteiger partial charge in [-0.15, -0.1) is 0 Å². The molecular weight excluding hydrogens is 198 g/mol. The van der Waals surface area contributed by atoms with E-state index >= 15 is 0 Å². The highest BCUT2D eigenvalue weighted by Gasteiger charge is 2.40. The molecule has 0 unspecified atom stereocenters. The van der Waals surface area contributed by atoms with Gasteiger partial charge in [0.2, 0.25) is 5.91 Å². The van der Waals surface area contributed by atoms with Crippen molar-refractivity contribution in [1.82, 2.24) is 5.32 Å². The van der Waals surface area contributed by atoms with Crippen molar-refractivity contribution >= 4 is 5.91 Å². The minimum Gasteiger partial charge on any atom is -0.346 e. The fraction of sp³-hybridized carbons (Fsp3) is 0.500. The van der Waals surface area contributed by atoms with Crippen molar-refractivity contribution in [2.24, 2.45) is 5.92 Å². The molecule has 1 aromatic rings. The number of nitrogens with one attached hydrogen (secondary N) is 1. The summed E-state index contributed by atoms with van der Waals surface area (Å²) < 4.78 is 0. The largest absolute Gasteiger partial charge is 0.346 e. The minimum atomic E-state index is -0.0807. The van der Waals surface area contributed by atoms with Gasteiger partial charge < -0.3 is 5.32 Å². The summed E-state index contributed by atoms with van der Waals surface area (Å²) in [6, 6.07) is 10.3. The predicted molar refractivity (Wildman–Crippen MR) is 65.0 cm³/mol. The first-order chi connectivity index (χ1) is 7.64. The highest BCUT2D eigenvalue weighted by molar-refractivity contribution is 5.79. The highest BCUT2D eigenvalue weighted by atomic mass is 16.2. The van der Waals surface area contributed by atoms with E-state index in [1.807, 2.05) is 32.0 Å². The minimum absolute atomic E-state index is 0.0567. The first-order valence-electron chi connectivity index (χ1n) is 6.02. The Kier molecular flexibility index (Phi) is 2.99. The van der Waals surface area contributed by atoms with Gasteiger partial charge >= 0.3 is 0 Å². The predicted octanol–water partition coefficient (Wildman–Crippen LogP) is 2.84. The second-order valence-electron chi connectivity index (χ2n) is 4.95. The van der Waals surface area contributed by atoms with Crippen LogP contribution in [0.25, 0.3) is 0 Å². The molecule has 1 amide bonds. The molecule has 2 heteroatoms. The maximum atomic E-state index is 11.8. The Morgan fingerprint density at radius 1 is 1.25 bits per heavy atom. The summed E-state index contributed by atoms with van der Waals surface area (Å²) in [4.78, 5) is 11.8. The molecule has 0 radical (unpaired) electrons. The molecule has 0 saturated heterocycles. The smallest absolute Gasteiger partial charge is 0.223 e. The summed E-state index contributed by atoms with van der Waals surface area (Å²) in [6.45, 7) is 3.87. The Morgan fingerprint density at radius 2 is 1.88 bits per heavy atom. The van der Waals surface area contributed by atoms with Crippen molar-refractivity contribution in [3.05, 3.63) is 35.9 Å². The maximum absolute atomic E-state index is 11.8. The Bertz CT molecular complexity index is 366. The van der Waals surface area contributed by atoms with Crippen molar-refractivity contribution in [3.8, 4) is 0 Å². The van der Waals surface area contributed by atoms with Gasteiger partial charge in [-0.1, -0.05) is 44.2 Å². The van der Waals surface area contributed by atoms with Crippen LogP contribution in [-0.4, -0.2) is 5.91 Å². The van der Waals surface area contributed by atoms with Crippen molar-refractivity contribution < 1.29 is 4.79 Å². The Morgan fingerprint density at radius 3 is 2.31 bits per heavy atom. The van der Waals surface area contributed by atoms with Gasteiger partial charge in [0, 0.05) is 5.92 Å². The summed E-state index contributed by atoms with van der Waals surface area (Å²) in [5.41, 5.74) is 1.16. The molecule has 1 aliphatic rings. The third-order valence-electron chi connectivity index (χ3n) is 3.42. The zero-order chi connectivity index (χ0) is 11.6. The Hall–Kier alpha value is -1.31. The Labute approximate surface area is 97.1 Å². The zero-order valence-corrected chi connectivity index (χ0v) is 9.99. The quantitative estimate of drug-likeness (QED) is 0.828.